The third kappa shape index (κ3) is 3.48. The number of H-pyrrole nitrogens is 1. The molecule has 0 spiro atoms. The van der Waals surface area contributed by atoms with Crippen LogP contribution in [0.5, 0.6) is 0 Å². The third-order valence-corrected chi connectivity index (χ3v) is 6.47. The number of fused-ring (bicyclic) bond motifs is 3. The molecule has 2 fully saturated rings. The monoisotopic (exact) mass is 400 g/mol. The molecule has 2 aromatic heterocycles. The summed E-state index contributed by atoms with van der Waals surface area (Å²) in [6, 6.07) is 10.2. The summed E-state index contributed by atoms with van der Waals surface area (Å²) in [5.74, 6) is 0. The zero-order chi connectivity index (χ0) is 20.2. The van der Waals surface area contributed by atoms with Crippen LogP contribution in [0.1, 0.15) is 31.4 Å². The second kappa shape index (κ2) is 6.76. The molecule has 4 nitrogen and oxygen atoms in total. The summed E-state index contributed by atoms with van der Waals surface area (Å²) in [4.78, 5) is 9.31. The molecule has 2 atom stereocenters. The Kier molecular flexibility index (Phi) is 4.31. The highest BCUT2D eigenvalue weighted by molar-refractivity contribution is 5.86. The van der Waals surface area contributed by atoms with Gasteiger partial charge < -0.3 is 15.2 Å². The number of rotatable bonds is 3. The van der Waals surface area contributed by atoms with Gasteiger partial charge in [0.15, 0.2) is 0 Å². The zero-order valence-electron chi connectivity index (χ0n) is 16.1. The number of piperidine rings is 1. The van der Waals surface area contributed by atoms with E-state index in [-0.39, 0.29) is 0 Å². The molecule has 0 saturated carbocycles. The average Bonchev–Trinajstić information content (AvgIpc) is 3.19. The lowest BCUT2D eigenvalue weighted by atomic mass is 9.97. The van der Waals surface area contributed by atoms with Gasteiger partial charge in [0.05, 0.1) is 5.69 Å². The van der Waals surface area contributed by atoms with E-state index in [2.05, 4.69) is 27.2 Å². The fourth-order valence-electron chi connectivity index (χ4n) is 4.91. The Bertz CT molecular complexity index is 1030. The Morgan fingerprint density at radius 3 is 2.52 bits per heavy atom. The van der Waals surface area contributed by atoms with Crippen molar-refractivity contribution in [2.45, 2.75) is 50.0 Å². The number of halogens is 3. The first-order chi connectivity index (χ1) is 13.9. The number of aromatic nitrogens is 2. The summed E-state index contributed by atoms with van der Waals surface area (Å²) in [5, 5.41) is 4.17. The van der Waals surface area contributed by atoms with Gasteiger partial charge in [-0.2, -0.15) is 13.2 Å². The van der Waals surface area contributed by atoms with Gasteiger partial charge >= 0.3 is 6.18 Å². The number of nitrogens with zero attached hydrogens (tertiary/aromatic N) is 2. The van der Waals surface area contributed by atoms with Crippen LogP contribution in [-0.2, 0) is 6.18 Å². The molecule has 29 heavy (non-hydrogen) atoms. The first-order valence-electron chi connectivity index (χ1n) is 10.0. The van der Waals surface area contributed by atoms with Crippen molar-refractivity contribution in [3.05, 3.63) is 48.4 Å². The lowest BCUT2D eigenvalue weighted by Gasteiger charge is -2.37. The number of hydrogen-bond donors (Lipinski definition) is 2. The van der Waals surface area contributed by atoms with E-state index in [1.807, 2.05) is 18.3 Å². The molecule has 0 radical (unpaired) electrons. The summed E-state index contributed by atoms with van der Waals surface area (Å²) in [6.45, 7) is 0. The number of aromatic amines is 1. The SMILES string of the molecule is CN1C2CCC1CC(Nc1cncc(-c3ccc4[nH]c(C(F)(F)F)cc4c3)c1)C2. The Labute approximate surface area is 167 Å². The van der Waals surface area contributed by atoms with Crippen molar-refractivity contribution < 1.29 is 13.2 Å². The number of benzene rings is 1. The molecular weight excluding hydrogens is 377 g/mol. The normalized spacial score (nSPS) is 24.9. The highest BCUT2D eigenvalue weighted by atomic mass is 19.4. The fraction of sp³-hybridized carbons (Fsp3) is 0.409. The van der Waals surface area contributed by atoms with Gasteiger partial charge in [-0.15, -0.1) is 0 Å². The van der Waals surface area contributed by atoms with Crippen LogP contribution in [0.15, 0.2) is 42.7 Å². The second-order valence-corrected chi connectivity index (χ2v) is 8.31. The van der Waals surface area contributed by atoms with Crippen LogP contribution in [0.2, 0.25) is 0 Å². The smallest absolute Gasteiger partial charge is 0.381 e. The first-order valence-corrected chi connectivity index (χ1v) is 10.0. The minimum Gasteiger partial charge on any atom is -0.381 e. The van der Waals surface area contributed by atoms with Gasteiger partial charge in [-0.3, -0.25) is 4.98 Å². The lowest BCUT2D eigenvalue weighted by Crippen LogP contribution is -2.44. The van der Waals surface area contributed by atoms with Gasteiger partial charge in [0.2, 0.25) is 0 Å². The van der Waals surface area contributed by atoms with Crippen LogP contribution in [0, 0.1) is 0 Å². The maximum Gasteiger partial charge on any atom is 0.431 e. The van der Waals surface area contributed by atoms with Crippen molar-refractivity contribution in [2.75, 3.05) is 12.4 Å². The summed E-state index contributed by atoms with van der Waals surface area (Å²) >= 11 is 0. The van der Waals surface area contributed by atoms with E-state index in [0.717, 1.165) is 35.7 Å². The van der Waals surface area contributed by atoms with E-state index < -0.39 is 11.9 Å². The van der Waals surface area contributed by atoms with E-state index in [1.54, 1.807) is 18.3 Å². The predicted molar refractivity (Wildman–Crippen MR) is 108 cm³/mol. The first kappa shape index (κ1) is 18.5. The molecule has 2 aliphatic heterocycles. The van der Waals surface area contributed by atoms with Gasteiger partial charge in [-0.1, -0.05) is 6.07 Å². The van der Waals surface area contributed by atoms with E-state index >= 15 is 0 Å². The minimum absolute atomic E-state index is 0.433. The molecule has 152 valence electrons. The molecule has 7 heteroatoms. The number of nitrogens with one attached hydrogen (secondary N) is 2. The molecule has 2 bridgehead atoms. The molecule has 2 aliphatic rings. The van der Waals surface area contributed by atoms with Crippen molar-refractivity contribution in [3.63, 3.8) is 0 Å². The summed E-state index contributed by atoms with van der Waals surface area (Å²) in [7, 11) is 2.22. The van der Waals surface area contributed by atoms with Crippen LogP contribution < -0.4 is 5.32 Å². The van der Waals surface area contributed by atoms with Crippen molar-refractivity contribution in [3.8, 4) is 11.1 Å². The summed E-state index contributed by atoms with van der Waals surface area (Å²) in [6.07, 6.45) is 4.00. The number of hydrogen-bond acceptors (Lipinski definition) is 3. The number of anilines is 1. The Morgan fingerprint density at radius 2 is 1.79 bits per heavy atom. The number of alkyl halides is 3. The average molecular weight is 400 g/mol. The van der Waals surface area contributed by atoms with E-state index in [1.165, 1.54) is 12.8 Å². The Balaban J connectivity index is 1.38. The minimum atomic E-state index is -4.38. The van der Waals surface area contributed by atoms with Crippen LogP contribution in [-0.4, -0.2) is 40.0 Å². The molecule has 1 aromatic carbocycles. The van der Waals surface area contributed by atoms with Crippen LogP contribution in [0.3, 0.4) is 0 Å². The van der Waals surface area contributed by atoms with Crippen LogP contribution in [0.4, 0.5) is 18.9 Å². The van der Waals surface area contributed by atoms with Gasteiger partial charge in [0.25, 0.3) is 0 Å². The van der Waals surface area contributed by atoms with Gasteiger partial charge in [0.1, 0.15) is 5.69 Å². The quantitative estimate of drug-likeness (QED) is 0.628. The van der Waals surface area contributed by atoms with Gasteiger partial charge in [-0.05, 0) is 62.6 Å². The van der Waals surface area contributed by atoms with Crippen molar-refractivity contribution >= 4 is 16.6 Å². The van der Waals surface area contributed by atoms with Gasteiger partial charge in [-0.25, -0.2) is 0 Å². The molecular formula is C22H23F3N4. The molecule has 2 N–H and O–H groups in total. The van der Waals surface area contributed by atoms with Crippen molar-refractivity contribution in [1.29, 1.82) is 0 Å². The van der Waals surface area contributed by atoms with Crippen molar-refractivity contribution in [1.82, 2.24) is 14.9 Å². The Morgan fingerprint density at radius 1 is 1.03 bits per heavy atom. The van der Waals surface area contributed by atoms with Gasteiger partial charge in [0, 0.05) is 47.0 Å². The van der Waals surface area contributed by atoms with Crippen LogP contribution >= 0.6 is 0 Å². The molecule has 2 saturated heterocycles. The fourth-order valence-corrected chi connectivity index (χ4v) is 4.91. The largest absolute Gasteiger partial charge is 0.431 e. The van der Waals surface area contributed by atoms with E-state index in [9.17, 15) is 13.2 Å². The van der Waals surface area contributed by atoms with E-state index in [4.69, 9.17) is 0 Å². The molecule has 5 rings (SSSR count). The zero-order valence-corrected chi connectivity index (χ0v) is 16.1. The number of pyridine rings is 1. The lowest BCUT2D eigenvalue weighted by molar-refractivity contribution is -0.140. The van der Waals surface area contributed by atoms with Crippen LogP contribution in [0.25, 0.3) is 22.0 Å². The molecule has 2 unspecified atom stereocenters. The summed E-state index contributed by atoms with van der Waals surface area (Å²) in [5.41, 5.74) is 2.45. The molecule has 3 aromatic rings. The second-order valence-electron chi connectivity index (χ2n) is 8.31. The maximum absolute atomic E-state index is 13.0. The summed E-state index contributed by atoms with van der Waals surface area (Å²) < 4.78 is 38.9. The van der Waals surface area contributed by atoms with Crippen molar-refractivity contribution in [2.24, 2.45) is 0 Å². The highest BCUT2D eigenvalue weighted by Gasteiger charge is 2.38. The molecule has 4 heterocycles. The maximum atomic E-state index is 13.0. The Hall–Kier alpha value is -2.54. The molecule has 0 amide bonds. The van der Waals surface area contributed by atoms with E-state index in [0.29, 0.717) is 29.0 Å². The predicted octanol–water partition coefficient (Wildman–Crippen LogP) is 5.29. The highest BCUT2D eigenvalue weighted by Crippen LogP contribution is 2.36. The topological polar surface area (TPSA) is 44.0 Å². The standard InChI is InChI=1S/C22H23F3N4/c1-29-18-3-4-19(29)10-16(9-18)27-17-7-15(11-26-12-17)13-2-5-20-14(6-13)8-21(28-20)22(23,24)25/h2,5-8,11-12,16,18-19,27-28H,3-4,9-10H2,1H3. The molecule has 0 aliphatic carbocycles. The third-order valence-electron chi connectivity index (χ3n) is 6.47.